The minimum absolute atomic E-state index is 0.107. The largest absolute Gasteiger partial charge is 0.318 e. The van der Waals surface area contributed by atoms with Crippen LogP contribution in [0.4, 0.5) is 5.69 Å². The molecular weight excluding hydrogens is 265 g/mol. The molecule has 0 radical (unpaired) electrons. The highest BCUT2D eigenvalue weighted by molar-refractivity contribution is 14.1. The number of carbonyl (C=O) groups excluding carboxylic acids is 1. The third-order valence-electron chi connectivity index (χ3n) is 1.61. The maximum absolute atomic E-state index is 11.0. The molecule has 0 unspecified atom stereocenters. The maximum Gasteiger partial charge on any atom is 0.159 e. The Bertz CT molecular complexity index is 296. The topological polar surface area (TPSA) is 20.3 Å². The van der Waals surface area contributed by atoms with Crippen LogP contribution in [0.2, 0.25) is 0 Å². The number of benzene rings is 1. The van der Waals surface area contributed by atoms with Crippen LogP contribution in [-0.4, -0.2) is 12.8 Å². The Morgan fingerprint density at radius 3 is 2.67 bits per heavy atom. The van der Waals surface area contributed by atoms with Gasteiger partial charge in [0.2, 0.25) is 0 Å². The Kier molecular flexibility index (Phi) is 3.08. The van der Waals surface area contributed by atoms with E-state index < -0.39 is 0 Å². The average Bonchev–Trinajstić information content (AvgIpc) is 2.04. The quantitative estimate of drug-likeness (QED) is 0.470. The molecule has 0 N–H and O–H groups in total. The van der Waals surface area contributed by atoms with Crippen LogP contribution in [0.15, 0.2) is 24.3 Å². The first-order valence-electron chi connectivity index (χ1n) is 3.62. The Morgan fingerprint density at radius 2 is 2.17 bits per heavy atom. The number of nitrogens with zero attached hydrogens (tertiary/aromatic N) is 1. The van der Waals surface area contributed by atoms with Crippen molar-refractivity contribution in [2.45, 2.75) is 6.92 Å². The zero-order valence-corrected chi connectivity index (χ0v) is 9.20. The summed E-state index contributed by atoms with van der Waals surface area (Å²) in [6.07, 6.45) is 0. The molecule has 3 heteroatoms. The van der Waals surface area contributed by atoms with Gasteiger partial charge in [0.15, 0.2) is 5.78 Å². The lowest BCUT2D eigenvalue weighted by Gasteiger charge is -2.09. The van der Waals surface area contributed by atoms with Gasteiger partial charge >= 0.3 is 0 Å². The van der Waals surface area contributed by atoms with Crippen LogP contribution < -0.4 is 3.11 Å². The van der Waals surface area contributed by atoms with Gasteiger partial charge in [-0.1, -0.05) is 12.1 Å². The van der Waals surface area contributed by atoms with Crippen LogP contribution in [0, 0.1) is 0 Å². The van der Waals surface area contributed by atoms with Crippen molar-refractivity contribution in [3.05, 3.63) is 29.8 Å². The normalized spacial score (nSPS) is 9.58. The first kappa shape index (κ1) is 9.51. The highest BCUT2D eigenvalue weighted by Gasteiger charge is 2.01. The highest BCUT2D eigenvalue weighted by atomic mass is 127. The molecule has 2 nitrogen and oxygen atoms in total. The number of rotatable bonds is 2. The van der Waals surface area contributed by atoms with Crippen molar-refractivity contribution in [1.29, 1.82) is 0 Å². The summed E-state index contributed by atoms with van der Waals surface area (Å²) in [4.78, 5) is 11.0. The summed E-state index contributed by atoms with van der Waals surface area (Å²) in [6, 6.07) is 7.57. The van der Waals surface area contributed by atoms with E-state index in [1.54, 1.807) is 6.92 Å². The van der Waals surface area contributed by atoms with Crippen molar-refractivity contribution >= 4 is 34.3 Å². The van der Waals surface area contributed by atoms with Gasteiger partial charge in [-0.25, -0.2) is 0 Å². The molecular formula is C9H10INO. The van der Waals surface area contributed by atoms with Crippen molar-refractivity contribution in [3.63, 3.8) is 0 Å². The number of hydrogen-bond donors (Lipinski definition) is 0. The van der Waals surface area contributed by atoms with E-state index >= 15 is 0 Å². The molecule has 0 aliphatic carbocycles. The molecule has 0 heterocycles. The van der Waals surface area contributed by atoms with Crippen LogP contribution >= 0.6 is 22.9 Å². The van der Waals surface area contributed by atoms with E-state index in [0.717, 1.165) is 11.3 Å². The monoisotopic (exact) mass is 275 g/mol. The third-order valence-corrected chi connectivity index (χ3v) is 2.17. The zero-order chi connectivity index (χ0) is 9.14. The van der Waals surface area contributed by atoms with Crippen molar-refractivity contribution in [1.82, 2.24) is 0 Å². The molecule has 64 valence electrons. The summed E-state index contributed by atoms with van der Waals surface area (Å²) in [7, 11) is 1.94. The second-order valence-corrected chi connectivity index (χ2v) is 4.03. The number of carbonyl (C=O) groups is 1. The molecule has 1 aromatic rings. The van der Waals surface area contributed by atoms with Gasteiger partial charge in [-0.3, -0.25) is 4.79 Å². The highest BCUT2D eigenvalue weighted by Crippen LogP contribution is 2.17. The third kappa shape index (κ3) is 2.20. The van der Waals surface area contributed by atoms with Gasteiger partial charge in [-0.2, -0.15) is 0 Å². The van der Waals surface area contributed by atoms with Crippen LogP contribution in [0.25, 0.3) is 0 Å². The Labute approximate surface area is 86.1 Å². The number of anilines is 1. The van der Waals surface area contributed by atoms with E-state index in [-0.39, 0.29) is 5.78 Å². The molecule has 1 rings (SSSR count). The van der Waals surface area contributed by atoms with Crippen LogP contribution in [0.3, 0.4) is 0 Å². The number of hydrogen-bond acceptors (Lipinski definition) is 2. The summed E-state index contributed by atoms with van der Waals surface area (Å²) in [6.45, 7) is 1.58. The molecule has 0 aromatic heterocycles. The molecule has 0 saturated carbocycles. The van der Waals surface area contributed by atoms with Crippen LogP contribution in [0.5, 0.6) is 0 Å². The second kappa shape index (κ2) is 3.89. The average molecular weight is 275 g/mol. The van der Waals surface area contributed by atoms with Gasteiger partial charge in [0, 0.05) is 18.3 Å². The van der Waals surface area contributed by atoms with Gasteiger partial charge in [0.1, 0.15) is 0 Å². The van der Waals surface area contributed by atoms with E-state index in [1.165, 1.54) is 0 Å². The summed E-state index contributed by atoms with van der Waals surface area (Å²) in [5, 5.41) is 0. The first-order chi connectivity index (χ1) is 5.61. The Hall–Kier alpha value is -0.580. The van der Waals surface area contributed by atoms with Gasteiger partial charge in [-0.05, 0) is 19.1 Å². The van der Waals surface area contributed by atoms with E-state index in [0.29, 0.717) is 0 Å². The van der Waals surface area contributed by atoms with Gasteiger partial charge in [0.05, 0.1) is 22.9 Å². The summed E-state index contributed by atoms with van der Waals surface area (Å²) < 4.78 is 1.95. The fourth-order valence-electron chi connectivity index (χ4n) is 0.917. The standard InChI is InChI=1S/C9H10INO/c1-7(12)8-4-3-5-9(6-8)11(2)10/h3-6H,1-2H3. The van der Waals surface area contributed by atoms with E-state index in [9.17, 15) is 4.79 Å². The number of halogens is 1. The second-order valence-electron chi connectivity index (χ2n) is 2.58. The fourth-order valence-corrected chi connectivity index (χ4v) is 1.22. The van der Waals surface area contributed by atoms with Crippen molar-refractivity contribution in [2.75, 3.05) is 10.2 Å². The maximum atomic E-state index is 11.0. The van der Waals surface area contributed by atoms with Crippen molar-refractivity contribution < 1.29 is 4.79 Å². The molecule has 0 fully saturated rings. The SMILES string of the molecule is CC(=O)c1cccc(N(C)I)c1. The Balaban J connectivity index is 3.04. The van der Waals surface area contributed by atoms with Crippen LogP contribution in [-0.2, 0) is 0 Å². The van der Waals surface area contributed by atoms with E-state index in [2.05, 4.69) is 22.9 Å². The summed E-state index contributed by atoms with van der Waals surface area (Å²) in [5.41, 5.74) is 1.80. The van der Waals surface area contributed by atoms with E-state index in [4.69, 9.17) is 0 Å². The minimum atomic E-state index is 0.107. The van der Waals surface area contributed by atoms with Gasteiger partial charge in [0.25, 0.3) is 0 Å². The number of Topliss-reactive ketones (excluding diaryl/α,β-unsaturated/α-hetero) is 1. The molecule has 0 saturated heterocycles. The predicted octanol–water partition coefficient (Wildman–Crippen LogP) is 2.68. The molecule has 1 aromatic carbocycles. The zero-order valence-electron chi connectivity index (χ0n) is 7.04. The number of ketones is 1. The smallest absolute Gasteiger partial charge is 0.159 e. The molecule has 0 atom stereocenters. The van der Waals surface area contributed by atoms with Crippen molar-refractivity contribution in [2.24, 2.45) is 0 Å². The minimum Gasteiger partial charge on any atom is -0.318 e. The molecule has 0 amide bonds. The fraction of sp³-hybridized carbons (Fsp3) is 0.222. The Morgan fingerprint density at radius 1 is 1.50 bits per heavy atom. The molecule has 0 spiro atoms. The van der Waals surface area contributed by atoms with Gasteiger partial charge < -0.3 is 3.11 Å². The van der Waals surface area contributed by atoms with Crippen LogP contribution in [0.1, 0.15) is 17.3 Å². The molecule has 12 heavy (non-hydrogen) atoms. The van der Waals surface area contributed by atoms with Gasteiger partial charge in [-0.15, -0.1) is 0 Å². The first-order valence-corrected chi connectivity index (χ1v) is 4.58. The summed E-state index contributed by atoms with van der Waals surface area (Å²) in [5.74, 6) is 0.107. The molecule has 0 aliphatic heterocycles. The van der Waals surface area contributed by atoms with Crippen molar-refractivity contribution in [3.8, 4) is 0 Å². The van der Waals surface area contributed by atoms with E-state index in [1.807, 2.05) is 34.4 Å². The lowest BCUT2D eigenvalue weighted by molar-refractivity contribution is 0.101. The molecule has 0 aliphatic rings. The lowest BCUT2D eigenvalue weighted by Crippen LogP contribution is -2.01. The summed E-state index contributed by atoms with van der Waals surface area (Å²) >= 11 is 2.17. The predicted molar refractivity (Wildman–Crippen MR) is 58.9 cm³/mol. The lowest BCUT2D eigenvalue weighted by atomic mass is 10.1. The molecule has 0 bridgehead atoms.